The van der Waals surface area contributed by atoms with E-state index in [9.17, 15) is 0 Å². The summed E-state index contributed by atoms with van der Waals surface area (Å²) < 4.78 is 0. The molecule has 1 aliphatic rings. The van der Waals surface area contributed by atoms with E-state index in [2.05, 4.69) is 60.4 Å². The highest BCUT2D eigenvalue weighted by Gasteiger charge is 2.02. The lowest BCUT2D eigenvalue weighted by Crippen LogP contribution is -1.80. The first-order valence-corrected chi connectivity index (χ1v) is 10.3. The molecule has 0 fully saturated rings. The quantitative estimate of drug-likeness (QED) is 0.449. The Hall–Kier alpha value is -0.600. The van der Waals surface area contributed by atoms with Gasteiger partial charge >= 0.3 is 0 Å². The predicted octanol–water partition coefficient (Wildman–Crippen LogP) is 5.69. The van der Waals surface area contributed by atoms with Crippen molar-refractivity contribution in [3.8, 4) is 11.8 Å². The van der Waals surface area contributed by atoms with E-state index >= 15 is 0 Å². The fourth-order valence-corrected chi connectivity index (χ4v) is 5.28. The fourth-order valence-electron chi connectivity index (χ4n) is 1.67. The highest BCUT2D eigenvalue weighted by Crippen LogP contribution is 2.39. The molecule has 100 valence electrons. The van der Waals surface area contributed by atoms with Crippen molar-refractivity contribution in [2.75, 3.05) is 11.5 Å². The van der Waals surface area contributed by atoms with E-state index in [0.717, 1.165) is 11.5 Å². The number of fused-ring (bicyclic) bond motifs is 4. The summed E-state index contributed by atoms with van der Waals surface area (Å²) in [5.41, 5.74) is 0. The standard InChI is InChI=1S/C16H12S4/c1-2-10-18-14-6-4-8-16(12-14)20-19-15-7-3-5-13(11-15)17-9-1/h3-8,11-12H,9-10H2. The van der Waals surface area contributed by atoms with Gasteiger partial charge in [-0.25, -0.2) is 0 Å². The van der Waals surface area contributed by atoms with Crippen LogP contribution in [0.25, 0.3) is 0 Å². The number of hydrogen-bond donors (Lipinski definition) is 0. The molecule has 0 atom stereocenters. The Bertz CT molecular complexity index is 599. The minimum Gasteiger partial charge on any atom is -0.113 e. The lowest BCUT2D eigenvalue weighted by Gasteiger charge is -2.06. The first-order valence-electron chi connectivity index (χ1n) is 6.16. The number of rotatable bonds is 0. The van der Waals surface area contributed by atoms with Gasteiger partial charge in [-0.2, -0.15) is 0 Å². The zero-order valence-electron chi connectivity index (χ0n) is 10.7. The molecule has 4 heteroatoms. The van der Waals surface area contributed by atoms with Gasteiger partial charge in [0.15, 0.2) is 0 Å². The Kier molecular flexibility index (Phi) is 5.32. The number of benzene rings is 2. The number of thioether (sulfide) groups is 2. The van der Waals surface area contributed by atoms with Crippen LogP contribution in [0.5, 0.6) is 0 Å². The van der Waals surface area contributed by atoms with E-state index in [1.165, 1.54) is 19.6 Å². The normalized spacial score (nSPS) is 14.8. The van der Waals surface area contributed by atoms with E-state index in [0.29, 0.717) is 0 Å². The van der Waals surface area contributed by atoms with Crippen molar-refractivity contribution < 1.29 is 0 Å². The summed E-state index contributed by atoms with van der Waals surface area (Å²) in [5.74, 6) is 8.20. The van der Waals surface area contributed by atoms with Crippen LogP contribution >= 0.6 is 45.1 Å². The van der Waals surface area contributed by atoms with E-state index in [-0.39, 0.29) is 0 Å². The Morgan fingerprint density at radius 1 is 0.650 bits per heavy atom. The Morgan fingerprint density at radius 3 is 1.60 bits per heavy atom. The molecule has 1 aliphatic heterocycles. The second-order valence-corrected chi connectivity index (χ2v) is 8.42. The summed E-state index contributed by atoms with van der Waals surface area (Å²) in [7, 11) is 3.63. The molecular weight excluding hydrogens is 320 g/mol. The first kappa shape index (κ1) is 14.3. The lowest BCUT2D eigenvalue weighted by atomic mass is 10.4. The third-order valence-electron chi connectivity index (χ3n) is 2.59. The Balaban J connectivity index is 1.86. The molecule has 0 aliphatic carbocycles. The van der Waals surface area contributed by atoms with Crippen molar-refractivity contribution in [2.45, 2.75) is 19.6 Å². The zero-order chi connectivity index (χ0) is 13.6. The molecule has 2 aromatic rings. The predicted molar refractivity (Wildman–Crippen MR) is 93.8 cm³/mol. The summed E-state index contributed by atoms with van der Waals surface area (Å²) in [5, 5.41) is 0. The highest BCUT2D eigenvalue weighted by atomic mass is 33.1. The molecule has 0 amide bonds. The van der Waals surface area contributed by atoms with Gasteiger partial charge < -0.3 is 0 Å². The second-order valence-electron chi connectivity index (χ2n) is 4.05. The van der Waals surface area contributed by atoms with Gasteiger partial charge in [-0.1, -0.05) is 45.6 Å². The third-order valence-corrected chi connectivity index (χ3v) is 6.72. The molecule has 3 rings (SSSR count). The van der Waals surface area contributed by atoms with Crippen LogP contribution in [0.15, 0.2) is 68.1 Å². The van der Waals surface area contributed by atoms with Crippen molar-refractivity contribution in [3.05, 3.63) is 48.5 Å². The van der Waals surface area contributed by atoms with Crippen LogP contribution in [0.1, 0.15) is 0 Å². The van der Waals surface area contributed by atoms with Gasteiger partial charge in [-0.05, 0) is 36.4 Å². The molecule has 2 aromatic carbocycles. The molecule has 0 radical (unpaired) electrons. The van der Waals surface area contributed by atoms with Crippen molar-refractivity contribution in [1.29, 1.82) is 0 Å². The van der Waals surface area contributed by atoms with Gasteiger partial charge in [0, 0.05) is 19.6 Å². The van der Waals surface area contributed by atoms with E-state index in [4.69, 9.17) is 0 Å². The maximum atomic E-state index is 3.24. The summed E-state index contributed by atoms with van der Waals surface area (Å²) in [4.78, 5) is 5.18. The molecule has 0 saturated heterocycles. The Morgan fingerprint density at radius 2 is 1.10 bits per heavy atom. The van der Waals surface area contributed by atoms with Gasteiger partial charge in [0.05, 0.1) is 11.5 Å². The van der Waals surface area contributed by atoms with Crippen molar-refractivity contribution in [1.82, 2.24) is 0 Å². The van der Waals surface area contributed by atoms with E-state index in [1.54, 1.807) is 0 Å². The maximum Gasteiger partial charge on any atom is 0.0595 e. The SMILES string of the molecule is C1#CCSc2cccc(c2)SSc2cccc(c2)SC1. The van der Waals surface area contributed by atoms with Gasteiger partial charge in [0.1, 0.15) is 0 Å². The minimum atomic E-state index is 0.863. The molecule has 1 heterocycles. The van der Waals surface area contributed by atoms with E-state index in [1.807, 2.05) is 45.1 Å². The molecule has 0 saturated carbocycles. The largest absolute Gasteiger partial charge is 0.113 e. The second kappa shape index (κ2) is 7.42. The molecule has 4 bridgehead atoms. The summed E-state index contributed by atoms with van der Waals surface area (Å²) in [6.07, 6.45) is 0. The van der Waals surface area contributed by atoms with Crippen LogP contribution in [0.3, 0.4) is 0 Å². The van der Waals surface area contributed by atoms with Crippen LogP contribution in [0.4, 0.5) is 0 Å². The topological polar surface area (TPSA) is 0 Å². The average molecular weight is 333 g/mol. The minimum absolute atomic E-state index is 0.863. The van der Waals surface area contributed by atoms with Gasteiger partial charge in [-0.3, -0.25) is 0 Å². The monoisotopic (exact) mass is 332 g/mol. The Labute approximate surface area is 136 Å². The molecule has 20 heavy (non-hydrogen) atoms. The molecule has 0 nitrogen and oxygen atoms in total. The van der Waals surface area contributed by atoms with Gasteiger partial charge in [0.25, 0.3) is 0 Å². The number of hydrogen-bond acceptors (Lipinski definition) is 4. The maximum absolute atomic E-state index is 3.24. The molecule has 0 spiro atoms. The smallest absolute Gasteiger partial charge is 0.0595 e. The zero-order valence-corrected chi connectivity index (χ0v) is 13.9. The molecule has 0 N–H and O–H groups in total. The first-order chi connectivity index (χ1) is 9.90. The summed E-state index contributed by atoms with van der Waals surface area (Å²) in [6, 6.07) is 17.4. The van der Waals surface area contributed by atoms with Crippen molar-refractivity contribution >= 4 is 45.1 Å². The van der Waals surface area contributed by atoms with Crippen LogP contribution in [-0.2, 0) is 0 Å². The van der Waals surface area contributed by atoms with E-state index < -0.39 is 0 Å². The van der Waals surface area contributed by atoms with Crippen molar-refractivity contribution in [3.63, 3.8) is 0 Å². The fraction of sp³-hybridized carbons (Fsp3) is 0.125. The molecule has 0 unspecified atom stereocenters. The third kappa shape index (κ3) is 4.20. The summed E-state index contributed by atoms with van der Waals surface area (Å²) >= 11 is 3.62. The average Bonchev–Trinajstić information content (AvgIpc) is 2.49. The van der Waals surface area contributed by atoms with Crippen LogP contribution in [0, 0.1) is 11.8 Å². The van der Waals surface area contributed by atoms with Gasteiger partial charge in [0.2, 0.25) is 0 Å². The van der Waals surface area contributed by atoms with Crippen LogP contribution < -0.4 is 0 Å². The molecule has 0 aromatic heterocycles. The van der Waals surface area contributed by atoms with Crippen molar-refractivity contribution in [2.24, 2.45) is 0 Å². The highest BCUT2D eigenvalue weighted by molar-refractivity contribution is 8.76. The lowest BCUT2D eigenvalue weighted by molar-refractivity contribution is 1.33. The van der Waals surface area contributed by atoms with Crippen LogP contribution in [-0.4, -0.2) is 11.5 Å². The molecular formula is C16H12S4. The van der Waals surface area contributed by atoms with Crippen LogP contribution in [0.2, 0.25) is 0 Å². The summed E-state index contributed by atoms with van der Waals surface area (Å²) in [6.45, 7) is 0. The van der Waals surface area contributed by atoms with Gasteiger partial charge in [-0.15, -0.1) is 23.5 Å².